The number of aromatic nitrogens is 1. The van der Waals surface area contributed by atoms with Crippen LogP contribution >= 0.6 is 0 Å². The number of fused-ring (bicyclic) bond motifs is 2. The average molecular weight is 567 g/mol. The highest BCUT2D eigenvalue weighted by molar-refractivity contribution is 5.97. The summed E-state index contributed by atoms with van der Waals surface area (Å²) in [5, 5.41) is 5.72. The Bertz CT molecular complexity index is 1490. The van der Waals surface area contributed by atoms with Crippen molar-refractivity contribution in [2.45, 2.75) is 32.7 Å². The van der Waals surface area contributed by atoms with Gasteiger partial charge in [0.15, 0.2) is 0 Å². The molecular weight excluding hydrogens is 524 g/mol. The van der Waals surface area contributed by atoms with Gasteiger partial charge in [-0.25, -0.2) is 4.98 Å². The Morgan fingerprint density at radius 2 is 1.81 bits per heavy atom. The zero-order valence-corrected chi connectivity index (χ0v) is 24.9. The number of carbonyl (C=O) groups is 2. The molecule has 1 N–H and O–H groups in total. The van der Waals surface area contributed by atoms with E-state index in [9.17, 15) is 9.59 Å². The van der Waals surface area contributed by atoms with Crippen LogP contribution in [0.25, 0.3) is 10.8 Å². The van der Waals surface area contributed by atoms with Crippen molar-refractivity contribution in [3.05, 3.63) is 77.6 Å². The standard InChI is InChI=1S/C34H42N6O2/c1-4-32(41)39-18-16-38(17-19-39)31-20-28(34(42)35-21-25-9-7-14-37(3)22-25)36-29-23-40(15-13-27(29)31)30-12-6-11-26-10-5-8-24(2)33(26)30/h4-6,8,10-12,20,25H,1,7,9,13-19,21-23H2,2-3H3,(H,35,42)/t25-/m1/s1. The lowest BCUT2D eigenvalue weighted by Gasteiger charge is -2.39. The number of hydrogen-bond acceptors (Lipinski definition) is 6. The number of anilines is 2. The molecule has 0 radical (unpaired) electrons. The van der Waals surface area contributed by atoms with Gasteiger partial charge in [0, 0.05) is 68.1 Å². The van der Waals surface area contributed by atoms with Crippen molar-refractivity contribution in [3.8, 4) is 0 Å². The van der Waals surface area contributed by atoms with Gasteiger partial charge < -0.3 is 24.9 Å². The molecule has 4 heterocycles. The van der Waals surface area contributed by atoms with Gasteiger partial charge in [-0.05, 0) is 74.9 Å². The van der Waals surface area contributed by atoms with E-state index >= 15 is 0 Å². The Kier molecular flexibility index (Phi) is 8.16. The number of aryl methyl sites for hydroxylation is 1. The zero-order valence-electron chi connectivity index (χ0n) is 24.9. The van der Waals surface area contributed by atoms with Crippen molar-refractivity contribution >= 4 is 34.0 Å². The normalized spacial score (nSPS) is 19.5. The average Bonchev–Trinajstić information content (AvgIpc) is 3.02. The van der Waals surface area contributed by atoms with Gasteiger partial charge in [-0.3, -0.25) is 9.59 Å². The minimum atomic E-state index is -0.106. The predicted molar refractivity (Wildman–Crippen MR) is 169 cm³/mol. The maximum atomic E-state index is 13.6. The van der Waals surface area contributed by atoms with Gasteiger partial charge in [0.1, 0.15) is 5.69 Å². The van der Waals surface area contributed by atoms with Crippen molar-refractivity contribution < 1.29 is 9.59 Å². The molecular formula is C34H42N6O2. The third-order valence-corrected chi connectivity index (χ3v) is 9.20. The summed E-state index contributed by atoms with van der Waals surface area (Å²) in [6, 6.07) is 14.9. The van der Waals surface area contributed by atoms with Gasteiger partial charge in [0.2, 0.25) is 5.91 Å². The van der Waals surface area contributed by atoms with Crippen LogP contribution in [0, 0.1) is 12.8 Å². The Hall–Kier alpha value is -3.91. The van der Waals surface area contributed by atoms with E-state index in [0.29, 0.717) is 37.8 Å². The zero-order chi connectivity index (χ0) is 29.2. The van der Waals surface area contributed by atoms with Gasteiger partial charge in [0.05, 0.1) is 12.2 Å². The van der Waals surface area contributed by atoms with Crippen LogP contribution in [-0.2, 0) is 17.8 Å². The van der Waals surface area contributed by atoms with Crippen molar-refractivity contribution in [1.82, 2.24) is 20.1 Å². The SMILES string of the molecule is C=CC(=O)N1CCN(c2cc(C(=O)NC[C@H]3CCCN(C)C3)nc3c2CCN(c2cccc4cccc(C)c24)C3)CC1. The number of carbonyl (C=O) groups excluding carboxylic acids is 2. The second-order valence-corrected chi connectivity index (χ2v) is 12.1. The summed E-state index contributed by atoms with van der Waals surface area (Å²) >= 11 is 0. The molecule has 8 heteroatoms. The highest BCUT2D eigenvalue weighted by atomic mass is 16.2. The lowest BCUT2D eigenvalue weighted by molar-refractivity contribution is -0.126. The number of benzene rings is 2. The van der Waals surface area contributed by atoms with Crippen LogP contribution < -0.4 is 15.1 Å². The fraction of sp³-hybridized carbons (Fsp3) is 0.441. The second kappa shape index (κ2) is 12.1. The van der Waals surface area contributed by atoms with Crippen LogP contribution in [-0.4, -0.2) is 86.0 Å². The minimum Gasteiger partial charge on any atom is -0.368 e. The highest BCUT2D eigenvalue weighted by Gasteiger charge is 2.29. The fourth-order valence-electron chi connectivity index (χ4n) is 6.96. The molecule has 0 spiro atoms. The molecule has 2 fully saturated rings. The number of amides is 2. The molecule has 2 saturated heterocycles. The lowest BCUT2D eigenvalue weighted by atomic mass is 9.97. The fourth-order valence-corrected chi connectivity index (χ4v) is 6.96. The number of pyridine rings is 1. The minimum absolute atomic E-state index is 0.0270. The van der Waals surface area contributed by atoms with E-state index in [1.165, 1.54) is 40.1 Å². The molecule has 1 aromatic heterocycles. The Balaban J connectivity index is 1.30. The predicted octanol–water partition coefficient (Wildman–Crippen LogP) is 4.01. The summed E-state index contributed by atoms with van der Waals surface area (Å²) in [6.45, 7) is 12.9. The molecule has 3 aliphatic heterocycles. The van der Waals surface area contributed by atoms with Gasteiger partial charge >= 0.3 is 0 Å². The van der Waals surface area contributed by atoms with Crippen molar-refractivity contribution in [2.75, 3.05) is 69.2 Å². The monoisotopic (exact) mass is 566 g/mol. The van der Waals surface area contributed by atoms with Gasteiger partial charge in [-0.2, -0.15) is 0 Å². The first-order valence-corrected chi connectivity index (χ1v) is 15.3. The van der Waals surface area contributed by atoms with Crippen LogP contribution in [0.15, 0.2) is 55.1 Å². The number of nitrogens with one attached hydrogen (secondary N) is 1. The number of likely N-dealkylation sites (tertiary alicyclic amines) is 1. The van der Waals surface area contributed by atoms with Crippen LogP contribution in [0.3, 0.4) is 0 Å². The van der Waals surface area contributed by atoms with Crippen molar-refractivity contribution in [2.24, 2.45) is 5.92 Å². The number of rotatable bonds is 6. The summed E-state index contributed by atoms with van der Waals surface area (Å²) in [7, 11) is 2.15. The summed E-state index contributed by atoms with van der Waals surface area (Å²) < 4.78 is 0. The van der Waals surface area contributed by atoms with Gasteiger partial charge in [0.25, 0.3) is 5.91 Å². The highest BCUT2D eigenvalue weighted by Crippen LogP contribution is 2.35. The number of piperazine rings is 1. The van der Waals surface area contributed by atoms with E-state index in [-0.39, 0.29) is 11.8 Å². The summed E-state index contributed by atoms with van der Waals surface area (Å²) in [4.78, 5) is 39.7. The first-order valence-electron chi connectivity index (χ1n) is 15.3. The molecule has 0 aliphatic carbocycles. The lowest BCUT2D eigenvalue weighted by Crippen LogP contribution is -2.49. The van der Waals surface area contributed by atoms with E-state index in [4.69, 9.17) is 4.98 Å². The number of hydrogen-bond donors (Lipinski definition) is 1. The van der Waals surface area contributed by atoms with E-state index in [2.05, 4.69) is 77.0 Å². The third-order valence-electron chi connectivity index (χ3n) is 9.20. The summed E-state index contributed by atoms with van der Waals surface area (Å²) in [5.74, 6) is 0.331. The van der Waals surface area contributed by atoms with Crippen molar-refractivity contribution in [3.63, 3.8) is 0 Å². The molecule has 0 unspecified atom stereocenters. The Labute approximate surface area is 249 Å². The molecule has 0 bridgehead atoms. The van der Waals surface area contributed by atoms with Crippen molar-refractivity contribution in [1.29, 1.82) is 0 Å². The maximum absolute atomic E-state index is 13.6. The molecule has 3 aromatic rings. The van der Waals surface area contributed by atoms with E-state index in [1.807, 2.05) is 11.0 Å². The van der Waals surface area contributed by atoms with E-state index in [0.717, 1.165) is 56.9 Å². The van der Waals surface area contributed by atoms with E-state index < -0.39 is 0 Å². The summed E-state index contributed by atoms with van der Waals surface area (Å²) in [6.07, 6.45) is 4.55. The van der Waals surface area contributed by atoms with Crippen LogP contribution in [0.5, 0.6) is 0 Å². The first-order chi connectivity index (χ1) is 20.4. The largest absolute Gasteiger partial charge is 0.368 e. The first kappa shape index (κ1) is 28.2. The van der Waals surface area contributed by atoms with Gasteiger partial charge in [-0.1, -0.05) is 36.9 Å². The van der Waals surface area contributed by atoms with Crippen LogP contribution in [0.1, 0.15) is 40.2 Å². The molecule has 220 valence electrons. The van der Waals surface area contributed by atoms with Crippen LogP contribution in [0.4, 0.5) is 11.4 Å². The molecule has 6 rings (SSSR count). The molecule has 42 heavy (non-hydrogen) atoms. The Morgan fingerprint density at radius 1 is 1.02 bits per heavy atom. The topological polar surface area (TPSA) is 72.0 Å². The molecule has 2 amide bonds. The molecule has 1 atom stereocenters. The van der Waals surface area contributed by atoms with Crippen LogP contribution in [0.2, 0.25) is 0 Å². The smallest absolute Gasteiger partial charge is 0.269 e. The number of nitrogens with zero attached hydrogens (tertiary/aromatic N) is 5. The number of piperidine rings is 1. The molecule has 2 aromatic carbocycles. The third kappa shape index (κ3) is 5.73. The molecule has 0 saturated carbocycles. The summed E-state index contributed by atoms with van der Waals surface area (Å²) in [5.41, 5.74) is 6.23. The maximum Gasteiger partial charge on any atom is 0.269 e. The molecule has 8 nitrogen and oxygen atoms in total. The quantitative estimate of drug-likeness (QED) is 0.455. The second-order valence-electron chi connectivity index (χ2n) is 12.1. The Morgan fingerprint density at radius 3 is 2.57 bits per heavy atom. The van der Waals surface area contributed by atoms with Gasteiger partial charge in [-0.15, -0.1) is 0 Å². The molecule has 3 aliphatic rings. The van der Waals surface area contributed by atoms with E-state index in [1.54, 1.807) is 0 Å².